The van der Waals surface area contributed by atoms with Crippen LogP contribution in [0.3, 0.4) is 0 Å². The standard InChI is InChI=1S/C19H26F2N2O/c20-15-8-9-18(21)14(10-15)12-23(17-6-1-2-7-17)19(24)13-4-3-5-16(22)11-13/h8-10,13,16-17H,1-7,11-12,22H2. The SMILES string of the molecule is NC1CCCC(C(=O)N(Cc2cc(F)ccc2F)C2CCCC2)C1. The van der Waals surface area contributed by atoms with E-state index in [0.717, 1.165) is 57.1 Å². The Morgan fingerprint density at radius 2 is 1.88 bits per heavy atom. The molecule has 0 saturated heterocycles. The van der Waals surface area contributed by atoms with Gasteiger partial charge >= 0.3 is 0 Å². The zero-order chi connectivity index (χ0) is 17.1. The lowest BCUT2D eigenvalue weighted by Crippen LogP contribution is -2.44. The van der Waals surface area contributed by atoms with E-state index < -0.39 is 11.6 Å². The first-order valence-electron chi connectivity index (χ1n) is 9.04. The maximum absolute atomic E-state index is 14.1. The van der Waals surface area contributed by atoms with Crippen LogP contribution in [0.1, 0.15) is 56.9 Å². The Hall–Kier alpha value is -1.49. The molecule has 2 N–H and O–H groups in total. The lowest BCUT2D eigenvalue weighted by molar-refractivity contribution is -0.139. The van der Waals surface area contributed by atoms with Crippen molar-refractivity contribution in [3.05, 3.63) is 35.4 Å². The molecule has 1 aromatic rings. The third-order valence-corrected chi connectivity index (χ3v) is 5.46. The first-order valence-corrected chi connectivity index (χ1v) is 9.04. The van der Waals surface area contributed by atoms with Gasteiger partial charge in [-0.3, -0.25) is 4.79 Å². The van der Waals surface area contributed by atoms with Crippen LogP contribution in [0.25, 0.3) is 0 Å². The summed E-state index contributed by atoms with van der Waals surface area (Å²) in [4.78, 5) is 14.9. The fourth-order valence-corrected chi connectivity index (χ4v) is 4.14. The van der Waals surface area contributed by atoms with Crippen LogP contribution in [0.2, 0.25) is 0 Å². The summed E-state index contributed by atoms with van der Waals surface area (Å²) < 4.78 is 27.6. The number of halogens is 2. The predicted molar refractivity (Wildman–Crippen MR) is 89.1 cm³/mol. The van der Waals surface area contributed by atoms with Crippen LogP contribution in [0.5, 0.6) is 0 Å². The minimum absolute atomic E-state index is 0.0701. The van der Waals surface area contributed by atoms with Crippen molar-refractivity contribution in [2.24, 2.45) is 11.7 Å². The fraction of sp³-hybridized carbons (Fsp3) is 0.632. The van der Waals surface area contributed by atoms with Crippen LogP contribution in [0.15, 0.2) is 18.2 Å². The van der Waals surface area contributed by atoms with Gasteiger partial charge in [-0.25, -0.2) is 8.78 Å². The molecular formula is C19H26F2N2O. The normalized spacial score (nSPS) is 25.0. The van der Waals surface area contributed by atoms with E-state index in [4.69, 9.17) is 5.73 Å². The summed E-state index contributed by atoms with van der Waals surface area (Å²) >= 11 is 0. The third kappa shape index (κ3) is 3.94. The molecule has 1 amide bonds. The number of nitrogens with zero attached hydrogens (tertiary/aromatic N) is 1. The van der Waals surface area contributed by atoms with Crippen LogP contribution in [0.4, 0.5) is 8.78 Å². The molecule has 0 spiro atoms. The monoisotopic (exact) mass is 336 g/mol. The molecule has 2 saturated carbocycles. The van der Waals surface area contributed by atoms with Gasteiger partial charge in [0.05, 0.1) is 0 Å². The number of amides is 1. The van der Waals surface area contributed by atoms with E-state index in [0.29, 0.717) is 6.42 Å². The number of carbonyl (C=O) groups excluding carboxylic acids is 1. The number of carbonyl (C=O) groups is 1. The van der Waals surface area contributed by atoms with Gasteiger partial charge in [0.1, 0.15) is 11.6 Å². The Morgan fingerprint density at radius 3 is 2.58 bits per heavy atom. The molecule has 0 aliphatic heterocycles. The van der Waals surface area contributed by atoms with Crippen molar-refractivity contribution in [3.8, 4) is 0 Å². The Kier molecular flexibility index (Phi) is 5.49. The van der Waals surface area contributed by atoms with Crippen LogP contribution in [-0.4, -0.2) is 22.9 Å². The smallest absolute Gasteiger partial charge is 0.226 e. The highest BCUT2D eigenvalue weighted by atomic mass is 19.1. The first kappa shape index (κ1) is 17.3. The van der Waals surface area contributed by atoms with Gasteiger partial charge in [0.2, 0.25) is 5.91 Å². The van der Waals surface area contributed by atoms with Gasteiger partial charge in [0.25, 0.3) is 0 Å². The van der Waals surface area contributed by atoms with Gasteiger partial charge < -0.3 is 10.6 Å². The zero-order valence-electron chi connectivity index (χ0n) is 14.0. The highest BCUT2D eigenvalue weighted by Crippen LogP contribution is 2.31. The summed E-state index contributed by atoms with van der Waals surface area (Å²) in [5.74, 6) is -0.927. The van der Waals surface area contributed by atoms with E-state index >= 15 is 0 Å². The molecule has 24 heavy (non-hydrogen) atoms. The highest BCUT2D eigenvalue weighted by Gasteiger charge is 2.34. The molecule has 0 bridgehead atoms. The molecule has 5 heteroatoms. The zero-order valence-corrected chi connectivity index (χ0v) is 14.0. The molecule has 3 nitrogen and oxygen atoms in total. The fourth-order valence-electron chi connectivity index (χ4n) is 4.14. The number of hydrogen-bond donors (Lipinski definition) is 1. The predicted octanol–water partition coefficient (Wildman–Crippen LogP) is 3.75. The quantitative estimate of drug-likeness (QED) is 0.910. The van der Waals surface area contributed by atoms with Gasteiger partial charge in [-0.15, -0.1) is 0 Å². The van der Waals surface area contributed by atoms with Crippen molar-refractivity contribution < 1.29 is 13.6 Å². The highest BCUT2D eigenvalue weighted by molar-refractivity contribution is 5.79. The second-order valence-electron chi connectivity index (χ2n) is 7.26. The topological polar surface area (TPSA) is 46.3 Å². The largest absolute Gasteiger partial charge is 0.335 e. The van der Waals surface area contributed by atoms with Crippen molar-refractivity contribution in [2.75, 3.05) is 0 Å². The minimum Gasteiger partial charge on any atom is -0.335 e. The van der Waals surface area contributed by atoms with Crippen molar-refractivity contribution >= 4 is 5.91 Å². The maximum atomic E-state index is 14.1. The number of rotatable bonds is 4. The van der Waals surface area contributed by atoms with E-state index in [1.807, 2.05) is 0 Å². The lowest BCUT2D eigenvalue weighted by atomic mass is 9.85. The molecule has 3 rings (SSSR count). The Labute approximate surface area is 142 Å². The molecule has 1 aromatic carbocycles. The van der Waals surface area contributed by atoms with E-state index in [2.05, 4.69) is 0 Å². The van der Waals surface area contributed by atoms with E-state index in [-0.39, 0.29) is 36.0 Å². The molecule has 2 unspecified atom stereocenters. The van der Waals surface area contributed by atoms with Crippen molar-refractivity contribution in [1.82, 2.24) is 4.90 Å². The second kappa shape index (κ2) is 7.60. The summed E-state index contributed by atoms with van der Waals surface area (Å²) in [6, 6.07) is 3.67. The minimum atomic E-state index is -0.468. The Balaban J connectivity index is 1.80. The summed E-state index contributed by atoms with van der Waals surface area (Å²) in [6.07, 6.45) is 7.54. The molecule has 2 aliphatic carbocycles. The van der Waals surface area contributed by atoms with Gasteiger partial charge in [0, 0.05) is 30.1 Å². The summed E-state index contributed by atoms with van der Waals surface area (Å²) in [7, 11) is 0. The number of nitrogens with two attached hydrogens (primary N) is 1. The summed E-state index contributed by atoms with van der Waals surface area (Å²) in [6.45, 7) is 0.152. The van der Waals surface area contributed by atoms with Gasteiger partial charge in [-0.05, 0) is 50.3 Å². The molecule has 2 atom stereocenters. The number of hydrogen-bond acceptors (Lipinski definition) is 2. The molecule has 2 aliphatic rings. The Morgan fingerprint density at radius 1 is 1.12 bits per heavy atom. The summed E-state index contributed by atoms with van der Waals surface area (Å²) in [5, 5.41) is 0. The average molecular weight is 336 g/mol. The van der Waals surface area contributed by atoms with Gasteiger partial charge in [-0.1, -0.05) is 19.3 Å². The third-order valence-electron chi connectivity index (χ3n) is 5.46. The molecule has 0 aromatic heterocycles. The second-order valence-corrected chi connectivity index (χ2v) is 7.26. The first-order chi connectivity index (χ1) is 11.5. The van der Waals surface area contributed by atoms with Crippen molar-refractivity contribution in [3.63, 3.8) is 0 Å². The molecule has 132 valence electrons. The molecule has 0 radical (unpaired) electrons. The molecule has 0 heterocycles. The van der Waals surface area contributed by atoms with Crippen molar-refractivity contribution in [2.45, 2.75) is 70.0 Å². The van der Waals surface area contributed by atoms with Crippen molar-refractivity contribution in [1.29, 1.82) is 0 Å². The van der Waals surface area contributed by atoms with E-state index in [1.165, 1.54) is 6.07 Å². The van der Waals surface area contributed by atoms with Gasteiger partial charge in [0.15, 0.2) is 0 Å². The average Bonchev–Trinajstić information content (AvgIpc) is 3.09. The van der Waals surface area contributed by atoms with Crippen LogP contribution in [0, 0.1) is 17.6 Å². The van der Waals surface area contributed by atoms with E-state index in [9.17, 15) is 13.6 Å². The number of benzene rings is 1. The maximum Gasteiger partial charge on any atom is 0.226 e. The van der Waals surface area contributed by atoms with Gasteiger partial charge in [-0.2, -0.15) is 0 Å². The Bertz CT molecular complexity index is 587. The summed E-state index contributed by atoms with van der Waals surface area (Å²) in [5.41, 5.74) is 6.29. The van der Waals surface area contributed by atoms with Crippen LogP contribution in [-0.2, 0) is 11.3 Å². The van der Waals surface area contributed by atoms with Crippen LogP contribution < -0.4 is 5.73 Å². The molecule has 2 fully saturated rings. The molecular weight excluding hydrogens is 310 g/mol. The van der Waals surface area contributed by atoms with E-state index in [1.54, 1.807) is 4.90 Å². The van der Waals surface area contributed by atoms with Crippen LogP contribution >= 0.6 is 0 Å². The lowest BCUT2D eigenvalue weighted by Gasteiger charge is -2.35.